The van der Waals surface area contributed by atoms with Crippen molar-refractivity contribution in [2.75, 3.05) is 0 Å². The van der Waals surface area contributed by atoms with Crippen LogP contribution >= 0.6 is 0 Å². The van der Waals surface area contributed by atoms with Crippen molar-refractivity contribution in [1.82, 2.24) is 14.5 Å². The second-order valence-electron chi connectivity index (χ2n) is 14.7. The summed E-state index contributed by atoms with van der Waals surface area (Å²) in [5, 5.41) is 11.3. The third kappa shape index (κ3) is 6.91. The van der Waals surface area contributed by atoms with Crippen molar-refractivity contribution in [3.8, 4) is 78.6 Å². The van der Waals surface area contributed by atoms with E-state index in [0.29, 0.717) is 11.4 Å². The molecular formula is C53H43N3O. The Hall–Kier alpha value is -7.04. The van der Waals surface area contributed by atoms with Crippen LogP contribution < -0.4 is 0 Å². The first-order valence-corrected chi connectivity index (χ1v) is 19.5. The molecule has 4 heteroatoms. The molecule has 0 saturated heterocycles. The van der Waals surface area contributed by atoms with Gasteiger partial charge < -0.3 is 5.11 Å². The molecule has 9 aromatic rings. The van der Waals surface area contributed by atoms with Gasteiger partial charge in [-0.1, -0.05) is 136 Å². The predicted octanol–water partition coefficient (Wildman–Crippen LogP) is 13.8. The molecule has 2 aromatic heterocycles. The summed E-state index contributed by atoms with van der Waals surface area (Å²) in [6.07, 6.45) is 2.73. The second-order valence-corrected chi connectivity index (χ2v) is 14.7. The Balaban J connectivity index is 1.23. The maximum absolute atomic E-state index is 11.3. The fourth-order valence-corrected chi connectivity index (χ4v) is 7.84. The number of benzene rings is 7. The smallest absolute Gasteiger partial charge is 0.149 e. The van der Waals surface area contributed by atoms with Crippen LogP contribution in [0.2, 0.25) is 0 Å². The first-order chi connectivity index (χ1) is 28.2. The number of phenols is 1. The van der Waals surface area contributed by atoms with Crippen LogP contribution in [0.5, 0.6) is 5.75 Å². The Labute approximate surface area is 335 Å². The zero-order valence-electron chi connectivity index (χ0n) is 33.3. The summed E-state index contributed by atoms with van der Waals surface area (Å²) < 4.78 is 10.6. The van der Waals surface area contributed by atoms with E-state index >= 15 is 0 Å². The Kier molecular flexibility index (Phi) is 9.21. The Morgan fingerprint density at radius 3 is 1.96 bits per heavy atom. The maximum atomic E-state index is 11.3. The maximum Gasteiger partial charge on any atom is 0.149 e. The molecule has 0 radical (unpaired) electrons. The van der Waals surface area contributed by atoms with E-state index in [-0.39, 0.29) is 5.75 Å². The van der Waals surface area contributed by atoms with Crippen molar-refractivity contribution in [3.63, 3.8) is 0 Å². The molecule has 1 N–H and O–H groups in total. The van der Waals surface area contributed by atoms with Gasteiger partial charge >= 0.3 is 0 Å². The number of nitrogens with zero attached hydrogens (tertiary/aromatic N) is 3. The number of imidazole rings is 1. The summed E-state index contributed by atoms with van der Waals surface area (Å²) in [5.74, 6) is 0.182. The summed E-state index contributed by atoms with van der Waals surface area (Å²) in [4.78, 5) is 10.3. The van der Waals surface area contributed by atoms with E-state index in [1.54, 1.807) is 6.07 Å². The fraction of sp³-hybridized carbons (Fsp3) is 0.0943. The largest absolute Gasteiger partial charge is 0.507 e. The molecule has 276 valence electrons. The van der Waals surface area contributed by atoms with Gasteiger partial charge in [-0.05, 0) is 123 Å². The fourth-order valence-electron chi connectivity index (χ4n) is 7.84. The lowest BCUT2D eigenvalue weighted by atomic mass is 9.93. The monoisotopic (exact) mass is 738 g/mol. The van der Waals surface area contributed by atoms with E-state index in [1.165, 1.54) is 16.7 Å². The molecule has 0 atom stereocenters. The van der Waals surface area contributed by atoms with E-state index in [1.807, 2.05) is 68.6 Å². The third-order valence-electron chi connectivity index (χ3n) is 10.8. The van der Waals surface area contributed by atoms with Gasteiger partial charge in [0.1, 0.15) is 11.6 Å². The molecule has 0 spiro atoms. The standard InChI is InChI=1S/C53H43N3O/c1-4-36-33-45(26-27-46(36)40-16-9-6-10-17-40)56-50-20-13-19-47(52(50)55-53(56)48-18-11-12-21-51(48)57)43-30-42(38-14-7-5-8-15-38)31-44(32-43)49-34-41(28-29-54-49)39-24-22-37(23-25-39)35(2)3/h5-35,57H,4H2,1-3H3/i35D. The molecule has 0 aliphatic heterocycles. The highest BCUT2D eigenvalue weighted by atomic mass is 16.3. The second kappa shape index (κ2) is 15.2. The van der Waals surface area contributed by atoms with Crippen LogP contribution in [-0.4, -0.2) is 19.6 Å². The number of hydrogen-bond acceptors (Lipinski definition) is 3. The molecule has 0 amide bonds. The van der Waals surface area contributed by atoms with E-state index < -0.39 is 5.89 Å². The van der Waals surface area contributed by atoms with Crippen molar-refractivity contribution >= 4 is 11.0 Å². The molecule has 0 aliphatic rings. The molecule has 0 bridgehead atoms. The van der Waals surface area contributed by atoms with Gasteiger partial charge in [0, 0.05) is 24.4 Å². The first kappa shape index (κ1) is 34.5. The molecule has 2 heterocycles. The lowest BCUT2D eigenvalue weighted by molar-refractivity contribution is 0.477. The number of aromatic hydroxyl groups is 1. The van der Waals surface area contributed by atoms with Crippen molar-refractivity contribution in [3.05, 3.63) is 193 Å². The number of aromatic nitrogens is 3. The average Bonchev–Trinajstić information content (AvgIpc) is 3.66. The van der Waals surface area contributed by atoms with Gasteiger partial charge in [0.2, 0.25) is 0 Å². The minimum Gasteiger partial charge on any atom is -0.507 e. The zero-order valence-corrected chi connectivity index (χ0v) is 32.3. The lowest BCUT2D eigenvalue weighted by Gasteiger charge is -2.15. The number of fused-ring (bicyclic) bond motifs is 1. The van der Waals surface area contributed by atoms with Crippen LogP contribution in [0.4, 0.5) is 0 Å². The molecule has 0 saturated carbocycles. The van der Waals surface area contributed by atoms with Crippen LogP contribution in [0.1, 0.15) is 39.2 Å². The molecule has 7 aromatic carbocycles. The first-order valence-electron chi connectivity index (χ1n) is 20.0. The summed E-state index contributed by atoms with van der Waals surface area (Å²) in [7, 11) is 0. The van der Waals surface area contributed by atoms with Gasteiger partial charge in [0.15, 0.2) is 0 Å². The minimum absolute atomic E-state index is 0.176. The molecule has 0 unspecified atom stereocenters. The molecule has 57 heavy (non-hydrogen) atoms. The Bertz CT molecular complexity index is 2910. The molecule has 0 aliphatic carbocycles. The molecule has 9 rings (SSSR count). The number of rotatable bonds is 9. The minimum atomic E-state index is -0.664. The number of aryl methyl sites for hydroxylation is 1. The molecule has 0 fully saturated rings. The predicted molar refractivity (Wildman–Crippen MR) is 237 cm³/mol. The van der Waals surface area contributed by atoms with Crippen LogP contribution in [0.25, 0.3) is 83.9 Å². The van der Waals surface area contributed by atoms with Crippen LogP contribution in [0.15, 0.2) is 182 Å². The number of para-hydroxylation sites is 2. The Morgan fingerprint density at radius 2 is 1.23 bits per heavy atom. The van der Waals surface area contributed by atoms with Crippen LogP contribution in [-0.2, 0) is 6.42 Å². The van der Waals surface area contributed by atoms with Gasteiger partial charge in [-0.3, -0.25) is 9.55 Å². The highest BCUT2D eigenvalue weighted by molar-refractivity contribution is 5.97. The SMILES string of the molecule is [2H]C(C)(C)c1ccc(-c2ccnc(-c3cc(-c4ccccc4)cc(-c4cccc5c4nc(-c4ccccc4O)n5-c4ccc(-c5ccccc5)c(CC)c4)c3)c2)cc1. The highest BCUT2D eigenvalue weighted by Crippen LogP contribution is 2.40. The number of phenolic OH excluding ortho intramolecular Hbond substituents is 1. The molecule has 4 nitrogen and oxygen atoms in total. The summed E-state index contributed by atoms with van der Waals surface area (Å²) in [5.41, 5.74) is 16.2. The van der Waals surface area contributed by atoms with E-state index in [2.05, 4.69) is 133 Å². The van der Waals surface area contributed by atoms with Gasteiger partial charge in [-0.15, -0.1) is 0 Å². The van der Waals surface area contributed by atoms with Gasteiger partial charge in [-0.25, -0.2) is 4.98 Å². The topological polar surface area (TPSA) is 50.9 Å². The normalized spacial score (nSPS) is 11.8. The number of hydrogen-bond donors (Lipinski definition) is 1. The quantitative estimate of drug-likeness (QED) is 0.160. The molecular weight excluding hydrogens is 695 g/mol. The summed E-state index contributed by atoms with van der Waals surface area (Å²) in [6.45, 7) is 6.01. The van der Waals surface area contributed by atoms with Crippen LogP contribution in [0.3, 0.4) is 0 Å². The van der Waals surface area contributed by atoms with Crippen molar-refractivity contribution in [2.45, 2.75) is 33.1 Å². The van der Waals surface area contributed by atoms with Crippen molar-refractivity contribution in [1.29, 1.82) is 0 Å². The van der Waals surface area contributed by atoms with Gasteiger partial charge in [0.25, 0.3) is 0 Å². The van der Waals surface area contributed by atoms with Crippen molar-refractivity contribution in [2.24, 2.45) is 0 Å². The van der Waals surface area contributed by atoms with Crippen molar-refractivity contribution < 1.29 is 6.48 Å². The van der Waals surface area contributed by atoms with E-state index in [0.717, 1.165) is 73.3 Å². The van der Waals surface area contributed by atoms with E-state index in [9.17, 15) is 5.11 Å². The third-order valence-corrected chi connectivity index (χ3v) is 10.8. The van der Waals surface area contributed by atoms with Crippen LogP contribution in [0, 0.1) is 0 Å². The highest BCUT2D eigenvalue weighted by Gasteiger charge is 2.21. The lowest BCUT2D eigenvalue weighted by Crippen LogP contribution is -2.00. The zero-order chi connectivity index (χ0) is 39.8. The summed E-state index contributed by atoms with van der Waals surface area (Å²) >= 11 is 0. The average molecular weight is 739 g/mol. The van der Waals surface area contributed by atoms with Gasteiger partial charge in [0.05, 0.1) is 22.3 Å². The Morgan fingerprint density at radius 1 is 0.561 bits per heavy atom. The number of pyridine rings is 1. The van der Waals surface area contributed by atoms with E-state index in [4.69, 9.17) is 11.3 Å². The summed E-state index contributed by atoms with van der Waals surface area (Å²) in [6, 6.07) is 60.5. The van der Waals surface area contributed by atoms with Gasteiger partial charge in [-0.2, -0.15) is 0 Å².